The molecule has 7 nitrogen and oxygen atoms in total. The van der Waals surface area contributed by atoms with Gasteiger partial charge in [0.1, 0.15) is 12.1 Å². The van der Waals surface area contributed by atoms with Gasteiger partial charge in [0.25, 0.3) is 0 Å². The van der Waals surface area contributed by atoms with Crippen LogP contribution in [0.5, 0.6) is 0 Å². The number of carbonyl (C=O) groups is 2. The summed E-state index contributed by atoms with van der Waals surface area (Å²) in [7, 11) is 0. The molecule has 4 bridgehead atoms. The second-order valence-corrected chi connectivity index (χ2v) is 10.9. The smallest absolute Gasteiger partial charge is 0.408 e. The Morgan fingerprint density at radius 1 is 1.17 bits per heavy atom. The Balaban J connectivity index is 1.68. The minimum atomic E-state index is -0.773. The van der Waals surface area contributed by atoms with E-state index in [0.29, 0.717) is 24.7 Å². The Kier molecular flexibility index (Phi) is 5.29. The van der Waals surface area contributed by atoms with E-state index in [-0.39, 0.29) is 24.0 Å². The quantitative estimate of drug-likeness (QED) is 0.732. The number of nitrogens with zero attached hydrogens (tertiary/aromatic N) is 2. The van der Waals surface area contributed by atoms with Crippen molar-refractivity contribution in [1.29, 1.82) is 5.26 Å². The second kappa shape index (κ2) is 7.40. The topological polar surface area (TPSA) is 103 Å². The molecule has 0 aromatic carbocycles. The minimum absolute atomic E-state index is 0.0652. The van der Waals surface area contributed by atoms with E-state index >= 15 is 0 Å². The summed E-state index contributed by atoms with van der Waals surface area (Å²) in [4.78, 5) is 28.2. The van der Waals surface area contributed by atoms with E-state index in [1.54, 1.807) is 18.7 Å². The molecule has 30 heavy (non-hydrogen) atoms. The molecule has 4 aliphatic carbocycles. The van der Waals surface area contributed by atoms with Gasteiger partial charge in [-0.3, -0.25) is 4.79 Å². The zero-order valence-corrected chi connectivity index (χ0v) is 18.6. The number of hydrogen-bond acceptors (Lipinski definition) is 5. The molecule has 2 N–H and O–H groups in total. The van der Waals surface area contributed by atoms with Crippen LogP contribution in [0.3, 0.4) is 0 Å². The van der Waals surface area contributed by atoms with Crippen LogP contribution in [0.1, 0.15) is 72.6 Å². The van der Waals surface area contributed by atoms with Gasteiger partial charge in [-0.25, -0.2) is 4.79 Å². The highest BCUT2D eigenvalue weighted by Crippen LogP contribution is 2.63. The largest absolute Gasteiger partial charge is 0.447 e. The Bertz CT molecular complexity index is 746. The molecule has 0 spiro atoms. The molecular formula is C23H35N3O4. The van der Waals surface area contributed by atoms with Crippen molar-refractivity contribution in [2.24, 2.45) is 23.2 Å². The molecule has 0 aromatic heterocycles. The van der Waals surface area contributed by atoms with Crippen molar-refractivity contribution in [2.45, 2.75) is 102 Å². The number of hydrogen-bond donors (Lipinski definition) is 2. The summed E-state index contributed by atoms with van der Waals surface area (Å²) >= 11 is 0. The van der Waals surface area contributed by atoms with Crippen molar-refractivity contribution in [1.82, 2.24) is 10.2 Å². The van der Waals surface area contributed by atoms with E-state index in [4.69, 9.17) is 4.74 Å². The standard InChI is InChI=1S/C23H35N3O4/c1-13(2)30-21(28)25-19(20(27)26-15(4)14(3)5-18(26)11-24)22-7-16-6-17(8-22)10-23(29,9-16)12-22/h13-19,29H,5-10,12H2,1-4H3,(H,25,28)/t14-,15?,16?,17?,18-,19?,22?,23?/m0/s1. The molecule has 1 heterocycles. The first-order chi connectivity index (χ1) is 14.1. The van der Waals surface area contributed by atoms with Gasteiger partial charge in [0.05, 0.1) is 17.8 Å². The predicted molar refractivity (Wildman–Crippen MR) is 110 cm³/mol. The van der Waals surface area contributed by atoms with Crippen LogP contribution in [-0.4, -0.2) is 51.8 Å². The first-order valence-electron chi connectivity index (χ1n) is 11.5. The fourth-order valence-electron chi connectivity index (χ4n) is 7.30. The SMILES string of the molecule is CC(C)OC(=O)NC(C(=O)N1C(C)[C@@H](C)C[C@H]1C#N)C12CC3CC(CC(O)(C3)C1)C2. The van der Waals surface area contributed by atoms with Crippen molar-refractivity contribution >= 4 is 12.0 Å². The molecule has 4 unspecified atom stereocenters. The molecule has 2 amide bonds. The number of amides is 2. The summed E-state index contributed by atoms with van der Waals surface area (Å²) < 4.78 is 5.33. The van der Waals surface area contributed by atoms with E-state index in [0.717, 1.165) is 32.1 Å². The first kappa shape index (κ1) is 21.4. The van der Waals surface area contributed by atoms with Crippen LogP contribution < -0.4 is 5.32 Å². The van der Waals surface area contributed by atoms with Crippen molar-refractivity contribution in [3.8, 4) is 6.07 Å². The van der Waals surface area contributed by atoms with Crippen LogP contribution in [0.2, 0.25) is 0 Å². The van der Waals surface area contributed by atoms with Gasteiger partial charge in [-0.2, -0.15) is 5.26 Å². The lowest BCUT2D eigenvalue weighted by atomic mass is 9.46. The molecule has 5 rings (SSSR count). The molecule has 0 aromatic rings. The van der Waals surface area contributed by atoms with Crippen molar-refractivity contribution < 1.29 is 19.4 Å². The lowest BCUT2D eigenvalue weighted by molar-refractivity contribution is -0.180. The van der Waals surface area contributed by atoms with Gasteiger partial charge in [0.2, 0.25) is 5.91 Å². The van der Waals surface area contributed by atoms with E-state index in [1.165, 1.54) is 0 Å². The third-order valence-electron chi connectivity index (χ3n) is 8.14. The van der Waals surface area contributed by atoms with Crippen LogP contribution >= 0.6 is 0 Å². The lowest BCUT2D eigenvalue weighted by Gasteiger charge is -2.62. The summed E-state index contributed by atoms with van der Waals surface area (Å²) in [6.07, 6.45) is 4.63. The number of nitriles is 1. The Labute approximate surface area is 179 Å². The summed E-state index contributed by atoms with van der Waals surface area (Å²) in [5, 5.41) is 23.8. The molecule has 0 radical (unpaired) electrons. The summed E-state index contributed by atoms with van der Waals surface area (Å²) in [5.41, 5.74) is -1.22. The molecule has 4 saturated carbocycles. The monoisotopic (exact) mass is 417 g/mol. The Morgan fingerprint density at radius 3 is 2.33 bits per heavy atom. The van der Waals surface area contributed by atoms with Gasteiger partial charge in [0, 0.05) is 11.5 Å². The molecule has 5 aliphatic rings. The number of likely N-dealkylation sites (tertiary alicyclic amines) is 1. The lowest BCUT2D eigenvalue weighted by Crippen LogP contribution is -2.66. The van der Waals surface area contributed by atoms with E-state index in [2.05, 4.69) is 18.3 Å². The molecule has 7 heteroatoms. The predicted octanol–water partition coefficient (Wildman–Crippen LogP) is 2.97. The zero-order chi connectivity index (χ0) is 21.8. The number of aliphatic hydroxyl groups is 1. The highest BCUT2D eigenvalue weighted by molar-refractivity contribution is 5.87. The van der Waals surface area contributed by atoms with Gasteiger partial charge >= 0.3 is 6.09 Å². The molecular weight excluding hydrogens is 382 g/mol. The van der Waals surface area contributed by atoms with Crippen LogP contribution in [0, 0.1) is 34.5 Å². The highest BCUT2D eigenvalue weighted by atomic mass is 16.6. The van der Waals surface area contributed by atoms with Crippen LogP contribution in [0.15, 0.2) is 0 Å². The summed E-state index contributed by atoms with van der Waals surface area (Å²) in [6.45, 7) is 7.60. The molecule has 1 aliphatic heterocycles. The maximum absolute atomic E-state index is 13.9. The Morgan fingerprint density at radius 2 is 1.80 bits per heavy atom. The summed E-state index contributed by atoms with van der Waals surface area (Å²) in [5.74, 6) is 0.805. The molecule has 166 valence electrons. The van der Waals surface area contributed by atoms with E-state index in [1.807, 2.05) is 6.92 Å². The number of ether oxygens (including phenoxy) is 1. The van der Waals surface area contributed by atoms with E-state index < -0.39 is 29.2 Å². The summed E-state index contributed by atoms with van der Waals surface area (Å²) in [6, 6.07) is 0.969. The van der Waals surface area contributed by atoms with Gasteiger partial charge in [-0.15, -0.1) is 0 Å². The average Bonchev–Trinajstić information content (AvgIpc) is 2.90. The van der Waals surface area contributed by atoms with Crippen molar-refractivity contribution in [3.05, 3.63) is 0 Å². The maximum Gasteiger partial charge on any atom is 0.408 e. The second-order valence-electron chi connectivity index (χ2n) is 10.9. The van der Waals surface area contributed by atoms with Crippen molar-refractivity contribution in [3.63, 3.8) is 0 Å². The van der Waals surface area contributed by atoms with Gasteiger partial charge < -0.3 is 20.1 Å². The highest BCUT2D eigenvalue weighted by Gasteiger charge is 2.62. The zero-order valence-electron chi connectivity index (χ0n) is 18.6. The first-order valence-corrected chi connectivity index (χ1v) is 11.5. The minimum Gasteiger partial charge on any atom is -0.447 e. The third-order valence-corrected chi connectivity index (χ3v) is 8.14. The number of rotatable bonds is 4. The van der Waals surface area contributed by atoms with Gasteiger partial charge in [-0.1, -0.05) is 6.92 Å². The fraction of sp³-hybridized carbons (Fsp3) is 0.870. The maximum atomic E-state index is 13.9. The van der Waals surface area contributed by atoms with Gasteiger partial charge in [0.15, 0.2) is 0 Å². The van der Waals surface area contributed by atoms with Crippen LogP contribution in [0.25, 0.3) is 0 Å². The Hall–Kier alpha value is -1.81. The van der Waals surface area contributed by atoms with Gasteiger partial charge in [-0.05, 0) is 83.5 Å². The number of carbonyl (C=O) groups excluding carboxylic acids is 2. The molecule has 1 saturated heterocycles. The number of alkyl carbamates (subject to hydrolysis) is 1. The average molecular weight is 418 g/mol. The van der Waals surface area contributed by atoms with Crippen LogP contribution in [-0.2, 0) is 9.53 Å². The number of nitrogens with one attached hydrogen (secondary N) is 1. The van der Waals surface area contributed by atoms with E-state index in [9.17, 15) is 20.0 Å². The van der Waals surface area contributed by atoms with Crippen molar-refractivity contribution in [2.75, 3.05) is 0 Å². The fourth-order valence-corrected chi connectivity index (χ4v) is 7.30. The molecule has 5 fully saturated rings. The normalized spacial score (nSPS) is 42.8. The third kappa shape index (κ3) is 3.57. The van der Waals surface area contributed by atoms with Crippen LogP contribution in [0.4, 0.5) is 4.79 Å². The molecule has 6 atom stereocenters.